The van der Waals surface area contributed by atoms with Crippen LogP contribution in [0.5, 0.6) is 0 Å². The summed E-state index contributed by atoms with van der Waals surface area (Å²) in [5.41, 5.74) is 0.765. The van der Waals surface area contributed by atoms with Gasteiger partial charge in [-0.3, -0.25) is 9.69 Å². The lowest BCUT2D eigenvalue weighted by Gasteiger charge is -2.36. The summed E-state index contributed by atoms with van der Waals surface area (Å²) in [6.07, 6.45) is 4.70. The molecule has 0 radical (unpaired) electrons. The standard InChI is InChI=1S/C19H18FN3O2/c20-16-5-3-15(4-6-16)18(14-21)22-9-11-23(12-10-22)19(24)8-7-17-2-1-13-25-17/h1-8,13,18H,9-12H2. The third-order valence-corrected chi connectivity index (χ3v) is 4.23. The van der Waals surface area contributed by atoms with Crippen LogP contribution in [0.2, 0.25) is 0 Å². The highest BCUT2D eigenvalue weighted by molar-refractivity contribution is 5.91. The Balaban J connectivity index is 1.58. The number of hydrogen-bond donors (Lipinski definition) is 0. The number of piperazine rings is 1. The summed E-state index contributed by atoms with van der Waals surface area (Å²) >= 11 is 0. The molecule has 6 heteroatoms. The molecule has 2 heterocycles. The molecule has 0 aliphatic carbocycles. The normalized spacial score (nSPS) is 16.7. The van der Waals surface area contributed by atoms with Crippen molar-refractivity contribution in [2.45, 2.75) is 6.04 Å². The molecular weight excluding hydrogens is 321 g/mol. The molecule has 1 amide bonds. The van der Waals surface area contributed by atoms with Crippen LogP contribution in [0.15, 0.2) is 53.2 Å². The van der Waals surface area contributed by atoms with Gasteiger partial charge in [0, 0.05) is 32.3 Å². The van der Waals surface area contributed by atoms with Gasteiger partial charge in [-0.1, -0.05) is 12.1 Å². The summed E-state index contributed by atoms with van der Waals surface area (Å²) < 4.78 is 18.2. The molecule has 1 unspecified atom stereocenters. The van der Waals surface area contributed by atoms with Crippen LogP contribution in [-0.2, 0) is 4.79 Å². The zero-order valence-corrected chi connectivity index (χ0v) is 13.6. The second-order valence-electron chi connectivity index (χ2n) is 5.79. The van der Waals surface area contributed by atoms with Crippen molar-refractivity contribution in [1.29, 1.82) is 5.26 Å². The van der Waals surface area contributed by atoms with Crippen LogP contribution in [0.1, 0.15) is 17.4 Å². The SMILES string of the molecule is N#CC(c1ccc(F)cc1)N1CCN(C(=O)C=Cc2ccco2)CC1. The molecule has 1 aromatic heterocycles. The molecule has 5 nitrogen and oxygen atoms in total. The van der Waals surface area contributed by atoms with Crippen molar-refractivity contribution >= 4 is 12.0 Å². The highest BCUT2D eigenvalue weighted by atomic mass is 19.1. The summed E-state index contributed by atoms with van der Waals surface area (Å²) in [6.45, 7) is 2.27. The molecule has 1 aliphatic heterocycles. The molecule has 3 rings (SSSR count). The van der Waals surface area contributed by atoms with Crippen molar-refractivity contribution in [3.05, 3.63) is 65.9 Å². The first-order valence-corrected chi connectivity index (χ1v) is 8.07. The molecule has 0 bridgehead atoms. The molecule has 25 heavy (non-hydrogen) atoms. The van der Waals surface area contributed by atoms with E-state index < -0.39 is 6.04 Å². The maximum Gasteiger partial charge on any atom is 0.246 e. The Morgan fingerprint density at radius 1 is 1.20 bits per heavy atom. The van der Waals surface area contributed by atoms with E-state index in [1.54, 1.807) is 41.5 Å². The van der Waals surface area contributed by atoms with E-state index in [0.717, 1.165) is 5.56 Å². The van der Waals surface area contributed by atoms with Crippen LogP contribution in [0, 0.1) is 17.1 Å². The van der Waals surface area contributed by atoms with Crippen LogP contribution in [0.25, 0.3) is 6.08 Å². The molecule has 1 atom stereocenters. The largest absolute Gasteiger partial charge is 0.465 e. The van der Waals surface area contributed by atoms with Crippen LogP contribution in [0.4, 0.5) is 4.39 Å². The topological polar surface area (TPSA) is 60.5 Å². The fourth-order valence-corrected chi connectivity index (χ4v) is 2.86. The number of benzene rings is 1. The number of amides is 1. The average molecular weight is 339 g/mol. The minimum atomic E-state index is -0.434. The van der Waals surface area contributed by atoms with Crippen LogP contribution in [0.3, 0.4) is 0 Å². The summed E-state index contributed by atoms with van der Waals surface area (Å²) in [5.74, 6) is 0.235. The first kappa shape index (κ1) is 16.9. The van der Waals surface area contributed by atoms with Crippen molar-refractivity contribution in [2.24, 2.45) is 0 Å². The Morgan fingerprint density at radius 2 is 1.92 bits per heavy atom. The molecule has 0 spiro atoms. The minimum absolute atomic E-state index is 0.0775. The monoisotopic (exact) mass is 339 g/mol. The van der Waals surface area contributed by atoms with Gasteiger partial charge in [-0.05, 0) is 35.9 Å². The zero-order valence-electron chi connectivity index (χ0n) is 13.6. The van der Waals surface area contributed by atoms with Gasteiger partial charge in [0.1, 0.15) is 17.6 Å². The maximum absolute atomic E-state index is 13.1. The van der Waals surface area contributed by atoms with Gasteiger partial charge in [-0.15, -0.1) is 0 Å². The number of nitrogens with zero attached hydrogens (tertiary/aromatic N) is 3. The fraction of sp³-hybridized carbons (Fsp3) is 0.263. The van der Waals surface area contributed by atoms with E-state index in [0.29, 0.717) is 31.9 Å². The van der Waals surface area contributed by atoms with Gasteiger partial charge < -0.3 is 9.32 Å². The first-order valence-electron chi connectivity index (χ1n) is 8.07. The zero-order chi connectivity index (χ0) is 17.6. The average Bonchev–Trinajstić information content (AvgIpc) is 3.16. The molecule has 128 valence electrons. The van der Waals surface area contributed by atoms with Crippen molar-refractivity contribution < 1.29 is 13.6 Å². The van der Waals surface area contributed by atoms with Gasteiger partial charge in [0.05, 0.1) is 12.3 Å². The number of furan rings is 1. The summed E-state index contributed by atoms with van der Waals surface area (Å²) in [5, 5.41) is 9.48. The van der Waals surface area contributed by atoms with Gasteiger partial charge in [0.2, 0.25) is 5.91 Å². The van der Waals surface area contributed by atoms with E-state index in [2.05, 4.69) is 6.07 Å². The van der Waals surface area contributed by atoms with E-state index in [1.165, 1.54) is 18.2 Å². The smallest absolute Gasteiger partial charge is 0.246 e. The number of rotatable bonds is 4. The number of hydrogen-bond acceptors (Lipinski definition) is 4. The van der Waals surface area contributed by atoms with Gasteiger partial charge in [0.15, 0.2) is 0 Å². The lowest BCUT2D eigenvalue weighted by atomic mass is 10.1. The summed E-state index contributed by atoms with van der Waals surface area (Å²) in [7, 11) is 0. The number of nitriles is 1. The van der Waals surface area contributed by atoms with Gasteiger partial charge in [-0.2, -0.15) is 5.26 Å². The van der Waals surface area contributed by atoms with Crippen LogP contribution >= 0.6 is 0 Å². The number of carbonyl (C=O) groups is 1. The van der Waals surface area contributed by atoms with E-state index in [1.807, 2.05) is 4.90 Å². The van der Waals surface area contributed by atoms with Crippen molar-refractivity contribution in [3.63, 3.8) is 0 Å². The predicted molar refractivity (Wildman–Crippen MR) is 90.6 cm³/mol. The molecule has 1 fully saturated rings. The van der Waals surface area contributed by atoms with E-state index in [9.17, 15) is 14.4 Å². The summed E-state index contributed by atoms with van der Waals surface area (Å²) in [6, 6.07) is 11.4. The Kier molecular flexibility index (Phi) is 5.26. The summed E-state index contributed by atoms with van der Waals surface area (Å²) in [4.78, 5) is 16.0. The molecule has 2 aromatic rings. The Hall–Kier alpha value is -2.91. The third-order valence-electron chi connectivity index (χ3n) is 4.23. The van der Waals surface area contributed by atoms with Crippen LogP contribution < -0.4 is 0 Å². The lowest BCUT2D eigenvalue weighted by Crippen LogP contribution is -2.49. The molecular formula is C19H18FN3O2. The Bertz CT molecular complexity index is 770. The van der Waals surface area contributed by atoms with E-state index in [-0.39, 0.29) is 11.7 Å². The molecule has 0 saturated carbocycles. The number of halogens is 1. The van der Waals surface area contributed by atoms with E-state index >= 15 is 0 Å². The molecule has 1 aliphatic rings. The second-order valence-corrected chi connectivity index (χ2v) is 5.79. The maximum atomic E-state index is 13.1. The highest BCUT2D eigenvalue weighted by Gasteiger charge is 2.26. The van der Waals surface area contributed by atoms with Crippen molar-refractivity contribution in [1.82, 2.24) is 9.80 Å². The second kappa shape index (κ2) is 7.77. The predicted octanol–water partition coefficient (Wildman–Crippen LogP) is 2.84. The Morgan fingerprint density at radius 3 is 2.52 bits per heavy atom. The Labute approximate surface area is 145 Å². The molecule has 0 N–H and O–H groups in total. The van der Waals surface area contributed by atoms with Crippen LogP contribution in [-0.4, -0.2) is 41.9 Å². The van der Waals surface area contributed by atoms with Crippen molar-refractivity contribution in [3.8, 4) is 6.07 Å². The van der Waals surface area contributed by atoms with Crippen molar-refractivity contribution in [2.75, 3.05) is 26.2 Å². The van der Waals surface area contributed by atoms with E-state index in [4.69, 9.17) is 4.42 Å². The molecule has 1 saturated heterocycles. The minimum Gasteiger partial charge on any atom is -0.465 e. The lowest BCUT2D eigenvalue weighted by molar-refractivity contribution is -0.127. The van der Waals surface area contributed by atoms with Gasteiger partial charge in [-0.25, -0.2) is 4.39 Å². The first-order chi connectivity index (χ1) is 12.2. The highest BCUT2D eigenvalue weighted by Crippen LogP contribution is 2.22. The molecule has 1 aromatic carbocycles. The third kappa shape index (κ3) is 4.14. The van der Waals surface area contributed by atoms with Gasteiger partial charge >= 0.3 is 0 Å². The quantitative estimate of drug-likeness (QED) is 0.804. The number of carbonyl (C=O) groups excluding carboxylic acids is 1. The van der Waals surface area contributed by atoms with Gasteiger partial charge in [0.25, 0.3) is 0 Å². The fourth-order valence-electron chi connectivity index (χ4n) is 2.86.